The minimum Gasteiger partial charge on any atom is -0.379 e. The molecule has 1 aromatic heterocycles. The van der Waals surface area contributed by atoms with Crippen LogP contribution in [0.5, 0.6) is 0 Å². The number of amides is 2. The van der Waals surface area contributed by atoms with E-state index in [4.69, 9.17) is 16.3 Å². The van der Waals surface area contributed by atoms with Gasteiger partial charge in [0.1, 0.15) is 0 Å². The maximum Gasteiger partial charge on any atom is 0.321 e. The van der Waals surface area contributed by atoms with Gasteiger partial charge in [0, 0.05) is 38.9 Å². The number of carbonyl (C=O) groups is 1. The number of hydrogen-bond acceptors (Lipinski definition) is 4. The highest BCUT2D eigenvalue weighted by Gasteiger charge is 2.28. The Morgan fingerprint density at radius 3 is 3.00 bits per heavy atom. The van der Waals surface area contributed by atoms with E-state index in [1.807, 2.05) is 11.8 Å². The maximum atomic E-state index is 12.4. The lowest BCUT2D eigenvalue weighted by molar-refractivity contribution is 0.0314. The number of likely N-dealkylation sites (tertiary alicyclic amines) is 1. The molecule has 0 saturated carbocycles. The lowest BCUT2D eigenvalue weighted by atomic mass is 10.1. The van der Waals surface area contributed by atoms with Gasteiger partial charge >= 0.3 is 6.03 Å². The molecule has 1 atom stereocenters. The average molecular weight is 339 g/mol. The molecule has 23 heavy (non-hydrogen) atoms. The predicted molar refractivity (Wildman–Crippen MR) is 89.9 cm³/mol. The monoisotopic (exact) mass is 338 g/mol. The van der Waals surface area contributed by atoms with Crippen molar-refractivity contribution in [2.45, 2.75) is 13.3 Å². The molecule has 6 nitrogen and oxygen atoms in total. The van der Waals surface area contributed by atoms with Crippen molar-refractivity contribution in [2.24, 2.45) is 5.92 Å². The summed E-state index contributed by atoms with van der Waals surface area (Å²) in [4.78, 5) is 20.8. The average Bonchev–Trinajstić information content (AvgIpc) is 3.01. The summed E-state index contributed by atoms with van der Waals surface area (Å²) in [6, 6.07) is 1.65. The molecule has 7 heteroatoms. The van der Waals surface area contributed by atoms with E-state index < -0.39 is 0 Å². The molecule has 3 rings (SSSR count). The second-order valence-corrected chi connectivity index (χ2v) is 6.58. The Bertz CT molecular complexity index is 563. The molecule has 126 valence electrons. The summed E-state index contributed by atoms with van der Waals surface area (Å²) in [7, 11) is 0. The summed E-state index contributed by atoms with van der Waals surface area (Å²) >= 11 is 6.19. The zero-order chi connectivity index (χ0) is 16.2. The number of urea groups is 1. The second-order valence-electron chi connectivity index (χ2n) is 6.20. The molecular weight excluding hydrogens is 316 g/mol. The third kappa shape index (κ3) is 4.13. The molecule has 2 fully saturated rings. The number of halogens is 1. The highest BCUT2D eigenvalue weighted by Crippen LogP contribution is 2.25. The van der Waals surface area contributed by atoms with Gasteiger partial charge in [-0.15, -0.1) is 0 Å². The standard InChI is InChI=1S/C16H23ClN4O2/c1-12-15(17)14(2-4-18-12)19-16(22)21-5-3-13(11-21)10-20-6-8-23-9-7-20/h2,4,13H,3,5-11H2,1H3,(H,18,19,22)/t13-/m1/s1. The summed E-state index contributed by atoms with van der Waals surface area (Å²) in [5, 5.41) is 3.40. The summed E-state index contributed by atoms with van der Waals surface area (Å²) in [6.07, 6.45) is 2.70. The molecule has 1 aromatic rings. The van der Waals surface area contributed by atoms with Crippen LogP contribution >= 0.6 is 11.6 Å². The normalized spacial score (nSPS) is 22.3. The number of ether oxygens (including phenoxy) is 1. The lowest BCUT2D eigenvalue weighted by Crippen LogP contribution is -2.40. The van der Waals surface area contributed by atoms with Crippen LogP contribution in [0, 0.1) is 12.8 Å². The molecule has 3 heterocycles. The van der Waals surface area contributed by atoms with E-state index in [2.05, 4.69) is 15.2 Å². The topological polar surface area (TPSA) is 57.7 Å². The molecule has 0 aromatic carbocycles. The van der Waals surface area contributed by atoms with Crippen LogP contribution in [0.2, 0.25) is 5.02 Å². The molecule has 2 aliphatic heterocycles. The highest BCUT2D eigenvalue weighted by atomic mass is 35.5. The molecule has 2 saturated heterocycles. The summed E-state index contributed by atoms with van der Waals surface area (Å²) in [5.41, 5.74) is 1.34. The van der Waals surface area contributed by atoms with E-state index in [0.29, 0.717) is 16.6 Å². The molecule has 0 unspecified atom stereocenters. The molecular formula is C16H23ClN4O2. The molecule has 0 bridgehead atoms. The van der Waals surface area contributed by atoms with Gasteiger partial charge in [0.05, 0.1) is 29.6 Å². The van der Waals surface area contributed by atoms with E-state index in [9.17, 15) is 4.79 Å². The van der Waals surface area contributed by atoms with Crippen molar-refractivity contribution >= 4 is 23.3 Å². The van der Waals surface area contributed by atoms with Crippen LogP contribution in [-0.2, 0) is 4.74 Å². The van der Waals surface area contributed by atoms with E-state index >= 15 is 0 Å². The number of anilines is 1. The smallest absolute Gasteiger partial charge is 0.321 e. The predicted octanol–water partition coefficient (Wildman–Crippen LogP) is 2.23. The fraction of sp³-hybridized carbons (Fsp3) is 0.625. The van der Waals surface area contributed by atoms with Gasteiger partial charge in [-0.3, -0.25) is 9.88 Å². The van der Waals surface area contributed by atoms with Gasteiger partial charge in [-0.25, -0.2) is 4.79 Å². The third-order valence-electron chi connectivity index (χ3n) is 4.50. The van der Waals surface area contributed by atoms with Gasteiger partial charge in [-0.1, -0.05) is 11.6 Å². The van der Waals surface area contributed by atoms with Crippen LogP contribution in [-0.4, -0.2) is 66.8 Å². The Balaban J connectivity index is 1.52. The quantitative estimate of drug-likeness (QED) is 0.918. The summed E-state index contributed by atoms with van der Waals surface area (Å²) in [5.74, 6) is 0.536. The number of hydrogen-bond donors (Lipinski definition) is 1. The summed E-state index contributed by atoms with van der Waals surface area (Å²) in [6.45, 7) is 8.08. The van der Waals surface area contributed by atoms with Crippen LogP contribution in [0.1, 0.15) is 12.1 Å². The zero-order valence-electron chi connectivity index (χ0n) is 13.4. The largest absolute Gasteiger partial charge is 0.379 e. The number of morpholine rings is 1. The van der Waals surface area contributed by atoms with E-state index in [1.54, 1.807) is 12.3 Å². The van der Waals surface area contributed by atoms with Crippen molar-refractivity contribution < 1.29 is 9.53 Å². The molecule has 0 spiro atoms. The Hall–Kier alpha value is -1.37. The number of rotatable bonds is 3. The minimum atomic E-state index is -0.0815. The Labute approximate surface area is 141 Å². The Kier molecular flexibility index (Phi) is 5.35. The SMILES string of the molecule is Cc1nccc(NC(=O)N2CC[C@H](CN3CCOCC3)C2)c1Cl. The first-order valence-electron chi connectivity index (χ1n) is 8.10. The van der Waals surface area contributed by atoms with Crippen molar-refractivity contribution in [1.82, 2.24) is 14.8 Å². The van der Waals surface area contributed by atoms with E-state index in [-0.39, 0.29) is 6.03 Å². The minimum absolute atomic E-state index is 0.0815. The maximum absolute atomic E-state index is 12.4. The number of nitrogens with one attached hydrogen (secondary N) is 1. The summed E-state index contributed by atoms with van der Waals surface area (Å²) < 4.78 is 5.38. The molecule has 2 amide bonds. The number of nitrogens with zero attached hydrogens (tertiary/aromatic N) is 3. The first kappa shape index (κ1) is 16.5. The lowest BCUT2D eigenvalue weighted by Gasteiger charge is -2.29. The van der Waals surface area contributed by atoms with Gasteiger partial charge in [-0.2, -0.15) is 0 Å². The van der Waals surface area contributed by atoms with Crippen molar-refractivity contribution in [2.75, 3.05) is 51.3 Å². The zero-order valence-corrected chi connectivity index (χ0v) is 14.2. The number of aromatic nitrogens is 1. The number of carbonyl (C=O) groups excluding carboxylic acids is 1. The molecule has 1 N–H and O–H groups in total. The van der Waals surface area contributed by atoms with Gasteiger partial charge in [-0.05, 0) is 25.3 Å². The second kappa shape index (κ2) is 7.47. The van der Waals surface area contributed by atoms with Gasteiger partial charge in [0.2, 0.25) is 0 Å². The Morgan fingerprint density at radius 1 is 1.43 bits per heavy atom. The first-order valence-corrected chi connectivity index (χ1v) is 8.48. The fourth-order valence-electron chi connectivity index (χ4n) is 3.15. The molecule has 2 aliphatic rings. The van der Waals surface area contributed by atoms with Crippen LogP contribution < -0.4 is 5.32 Å². The van der Waals surface area contributed by atoms with Gasteiger partial charge < -0.3 is 15.0 Å². The van der Waals surface area contributed by atoms with Gasteiger partial charge in [0.25, 0.3) is 0 Å². The van der Waals surface area contributed by atoms with E-state index in [1.165, 1.54) is 0 Å². The van der Waals surface area contributed by atoms with E-state index in [0.717, 1.165) is 58.1 Å². The van der Waals surface area contributed by atoms with Crippen LogP contribution in [0.3, 0.4) is 0 Å². The first-order chi connectivity index (χ1) is 11.1. The fourth-order valence-corrected chi connectivity index (χ4v) is 3.31. The van der Waals surface area contributed by atoms with Crippen molar-refractivity contribution in [3.63, 3.8) is 0 Å². The highest BCUT2D eigenvalue weighted by molar-refractivity contribution is 6.34. The van der Waals surface area contributed by atoms with Crippen molar-refractivity contribution in [1.29, 1.82) is 0 Å². The molecule has 0 aliphatic carbocycles. The number of aryl methyl sites for hydroxylation is 1. The third-order valence-corrected chi connectivity index (χ3v) is 4.98. The van der Waals surface area contributed by atoms with Crippen molar-refractivity contribution in [3.05, 3.63) is 23.0 Å². The van der Waals surface area contributed by atoms with Crippen LogP contribution in [0.4, 0.5) is 10.5 Å². The van der Waals surface area contributed by atoms with Crippen LogP contribution in [0.25, 0.3) is 0 Å². The van der Waals surface area contributed by atoms with Crippen molar-refractivity contribution in [3.8, 4) is 0 Å². The Morgan fingerprint density at radius 2 is 2.22 bits per heavy atom. The van der Waals surface area contributed by atoms with Crippen LogP contribution in [0.15, 0.2) is 12.3 Å². The molecule has 0 radical (unpaired) electrons. The number of pyridine rings is 1. The van der Waals surface area contributed by atoms with Gasteiger partial charge in [0.15, 0.2) is 0 Å².